The van der Waals surface area contributed by atoms with Crippen LogP contribution < -0.4 is 8.37 Å². The molecule has 354 valence electrons. The first-order valence-electron chi connectivity index (χ1n) is 12.5. The van der Waals surface area contributed by atoms with Crippen LogP contribution in [0.2, 0.25) is 0 Å². The largest absolute Gasteiger partial charge is 0.500 e. The summed E-state index contributed by atoms with van der Waals surface area (Å²) in [7, 11) is -24.6. The van der Waals surface area contributed by atoms with Crippen molar-refractivity contribution in [1.29, 1.82) is 0 Å². The zero-order chi connectivity index (χ0) is 48.1. The normalized spacial score (nSPS) is 14.1. The van der Waals surface area contributed by atoms with Gasteiger partial charge in [0.1, 0.15) is 11.5 Å². The van der Waals surface area contributed by atoms with E-state index in [1.54, 1.807) is 36.4 Å². The van der Waals surface area contributed by atoms with Crippen LogP contribution in [0.3, 0.4) is 0 Å². The van der Waals surface area contributed by atoms with Gasteiger partial charge in [0, 0.05) is 0 Å². The van der Waals surface area contributed by atoms with E-state index in [1.807, 2.05) is 0 Å². The predicted molar refractivity (Wildman–Crippen MR) is 157 cm³/mol. The van der Waals surface area contributed by atoms with Crippen LogP contribution in [0.1, 0.15) is 0 Å². The summed E-state index contributed by atoms with van der Waals surface area (Å²) in [5, 5.41) is -19.8. The molecule has 1 unspecified atom stereocenters. The summed E-state index contributed by atoms with van der Waals surface area (Å²) in [4.78, 5) is 0. The Morgan fingerprint density at radius 2 is 0.517 bits per heavy atom. The van der Waals surface area contributed by atoms with E-state index in [0.29, 0.717) is 0 Å². The highest BCUT2D eigenvalue weighted by Gasteiger charge is 2.80. The van der Waals surface area contributed by atoms with Gasteiger partial charge in [-0.05, 0) is 24.3 Å². The van der Waals surface area contributed by atoms with E-state index >= 15 is 0 Å². The van der Waals surface area contributed by atoms with Crippen LogP contribution in [-0.2, 0) is 40.8 Å². The van der Waals surface area contributed by atoms with Gasteiger partial charge in [0.2, 0.25) is 0 Å². The molecule has 39 heteroatoms. The Morgan fingerprint density at radius 1 is 0.350 bits per heavy atom. The molecular formula is C21H16F21O13PS4. The first-order valence-corrected chi connectivity index (χ1v) is 18.2. The van der Waals surface area contributed by atoms with Gasteiger partial charge in [-0.3, -0.25) is 13.7 Å². The number of alkyl halides is 21. The molecule has 2 aromatic carbocycles. The standard InChI is InChI=1S/C12H10O4S.3C3HF7O3S.H3P/c13-17(14,15-11-7-3-1-4-8-11)16-12-9-5-2-6-10-12;3*4-1(5,2(6,7)8)3(9,10)14(11,12)13;/h1-10H;3*(H,11,12,13);1H3. The maximum Gasteiger partial charge on any atom is 0.500 e. The third-order valence-electron chi connectivity index (χ3n) is 5.02. The molecule has 0 saturated carbocycles. The van der Waals surface area contributed by atoms with Crippen LogP contribution in [0.4, 0.5) is 92.2 Å². The van der Waals surface area contributed by atoms with Gasteiger partial charge in [-0.1, -0.05) is 36.4 Å². The monoisotopic (exact) mass is 1030 g/mol. The van der Waals surface area contributed by atoms with Gasteiger partial charge in [-0.25, -0.2) is 0 Å². The minimum Gasteiger partial charge on any atom is -0.353 e. The minimum atomic E-state index is -6.85. The first-order chi connectivity index (χ1) is 25.4. The van der Waals surface area contributed by atoms with E-state index in [1.165, 1.54) is 24.3 Å². The highest BCUT2D eigenvalue weighted by Crippen LogP contribution is 2.50. The molecule has 2 rings (SSSR count). The molecule has 0 fully saturated rings. The van der Waals surface area contributed by atoms with Crippen molar-refractivity contribution in [3.8, 4) is 11.5 Å². The maximum absolute atomic E-state index is 11.9. The van der Waals surface area contributed by atoms with Crippen molar-refractivity contribution in [2.24, 2.45) is 0 Å². The van der Waals surface area contributed by atoms with E-state index in [2.05, 4.69) is 0 Å². The second kappa shape index (κ2) is 19.4. The van der Waals surface area contributed by atoms with Gasteiger partial charge in [0.25, 0.3) is 0 Å². The molecule has 0 amide bonds. The number of para-hydroxylation sites is 2. The predicted octanol–water partition coefficient (Wildman–Crippen LogP) is 7.44. The van der Waals surface area contributed by atoms with Crippen LogP contribution in [0.5, 0.6) is 11.5 Å². The second-order valence-corrected chi connectivity index (χ2v) is 14.9. The Balaban J connectivity index is -0.000000722. The quantitative estimate of drug-likeness (QED) is 0.120. The van der Waals surface area contributed by atoms with Crippen molar-refractivity contribution >= 4 is 50.7 Å². The number of hydrogen-bond donors (Lipinski definition) is 3. The van der Waals surface area contributed by atoms with Gasteiger partial charge in [0.05, 0.1) is 0 Å². The van der Waals surface area contributed by atoms with Crippen molar-refractivity contribution in [3.63, 3.8) is 0 Å². The van der Waals surface area contributed by atoms with E-state index in [-0.39, 0.29) is 21.4 Å². The lowest BCUT2D eigenvalue weighted by molar-refractivity contribution is -0.333. The Labute approximate surface area is 322 Å². The molecule has 0 aliphatic carbocycles. The van der Waals surface area contributed by atoms with Gasteiger partial charge < -0.3 is 8.37 Å². The van der Waals surface area contributed by atoms with Crippen LogP contribution in [0, 0.1) is 0 Å². The lowest BCUT2D eigenvalue weighted by Gasteiger charge is -2.25. The number of halogens is 21. The molecule has 13 nitrogen and oxygen atoms in total. The average molecular weight is 1030 g/mol. The average Bonchev–Trinajstić information content (AvgIpc) is 2.99. The summed E-state index contributed by atoms with van der Waals surface area (Å²) in [6.07, 6.45) is -20.4. The molecule has 0 aromatic heterocycles. The molecule has 2 aromatic rings. The van der Waals surface area contributed by atoms with Crippen molar-refractivity contribution in [2.75, 3.05) is 0 Å². The maximum atomic E-state index is 11.9. The fourth-order valence-corrected chi connectivity index (χ4v) is 4.23. The molecule has 60 heavy (non-hydrogen) atoms. The smallest absolute Gasteiger partial charge is 0.353 e. The highest BCUT2D eigenvalue weighted by molar-refractivity contribution is 7.87. The van der Waals surface area contributed by atoms with Crippen molar-refractivity contribution in [2.45, 2.75) is 52.1 Å². The lowest BCUT2D eigenvalue weighted by Crippen LogP contribution is -2.55. The molecule has 0 aliphatic rings. The van der Waals surface area contributed by atoms with E-state index < -0.39 is 92.8 Å². The van der Waals surface area contributed by atoms with Crippen molar-refractivity contribution in [3.05, 3.63) is 60.7 Å². The third kappa shape index (κ3) is 14.7. The molecule has 0 saturated heterocycles. The molecule has 0 bridgehead atoms. The Hall–Kier alpha value is -3.32. The number of hydrogen-bond acceptors (Lipinski definition) is 10. The summed E-state index contributed by atoms with van der Waals surface area (Å²) in [6.45, 7) is 0. The van der Waals surface area contributed by atoms with Crippen LogP contribution in [0.25, 0.3) is 0 Å². The van der Waals surface area contributed by atoms with Crippen LogP contribution >= 0.6 is 9.90 Å². The summed E-state index contributed by atoms with van der Waals surface area (Å²) in [5.74, 6) is -20.1. The Kier molecular flexibility index (Phi) is 19.7. The van der Waals surface area contributed by atoms with E-state index in [4.69, 9.17) is 22.0 Å². The summed E-state index contributed by atoms with van der Waals surface area (Å²) in [6, 6.07) is 16.4. The molecule has 0 radical (unpaired) electrons. The van der Waals surface area contributed by atoms with Gasteiger partial charge in [-0.15, -0.1) is 8.42 Å². The topological polar surface area (TPSA) is 216 Å². The van der Waals surface area contributed by atoms with Crippen molar-refractivity contribution in [1.82, 2.24) is 0 Å². The summed E-state index contributed by atoms with van der Waals surface area (Å²) in [5.41, 5.74) is 0. The van der Waals surface area contributed by atoms with Crippen LogP contribution in [0.15, 0.2) is 60.7 Å². The first kappa shape index (κ1) is 61.0. The highest BCUT2D eigenvalue weighted by atomic mass is 32.3. The molecule has 0 aliphatic heterocycles. The molecule has 1 atom stereocenters. The van der Waals surface area contributed by atoms with Crippen molar-refractivity contribution < 1.29 is 148 Å². The van der Waals surface area contributed by atoms with Crippen LogP contribution in [-0.4, -0.2) is 99.4 Å². The van der Waals surface area contributed by atoms with Gasteiger partial charge >= 0.3 is 92.8 Å². The summed E-state index contributed by atoms with van der Waals surface area (Å²) < 4.78 is 356. The van der Waals surface area contributed by atoms with E-state index in [0.717, 1.165) is 0 Å². The Bertz CT molecular complexity index is 1930. The van der Waals surface area contributed by atoms with E-state index in [9.17, 15) is 126 Å². The number of rotatable bonds is 10. The molecule has 0 heterocycles. The zero-order valence-corrected chi connectivity index (χ0v) is 31.7. The SMILES string of the molecule is O=S(=O)(O)C(F)(F)C(F)(F)C(F)(F)F.O=S(=O)(O)C(F)(F)C(F)(F)C(F)(F)F.O=S(=O)(O)C(F)(F)C(F)(F)C(F)(F)F.O=S(=O)(Oc1ccccc1)Oc1ccccc1.P. The molecule has 3 N–H and O–H groups in total. The van der Waals surface area contributed by atoms with Gasteiger partial charge in [-0.2, -0.15) is 127 Å². The third-order valence-corrected chi connectivity index (χ3v) is 8.53. The minimum absolute atomic E-state index is 0. The molecular weight excluding hydrogens is 1020 g/mol. The van der Waals surface area contributed by atoms with Gasteiger partial charge in [0.15, 0.2) is 0 Å². The Morgan fingerprint density at radius 3 is 0.633 bits per heavy atom. The zero-order valence-electron chi connectivity index (χ0n) is 27.0. The summed E-state index contributed by atoms with van der Waals surface area (Å²) >= 11 is 0. The number of benzene rings is 2. The molecule has 0 spiro atoms. The fraction of sp³-hybridized carbons (Fsp3) is 0.429. The lowest BCUT2D eigenvalue weighted by atomic mass is 10.3. The fourth-order valence-electron chi connectivity index (χ4n) is 2.19. The second-order valence-electron chi connectivity index (χ2n) is 9.39.